The van der Waals surface area contributed by atoms with Gasteiger partial charge in [-0.2, -0.15) is 4.98 Å². The van der Waals surface area contributed by atoms with Crippen molar-refractivity contribution < 1.29 is 4.52 Å². The van der Waals surface area contributed by atoms with Gasteiger partial charge >= 0.3 is 0 Å². The lowest BCUT2D eigenvalue weighted by Gasteiger charge is -2.09. The fraction of sp³-hybridized carbons (Fsp3) is 0.158. The van der Waals surface area contributed by atoms with Gasteiger partial charge in [0.05, 0.1) is 10.9 Å². The summed E-state index contributed by atoms with van der Waals surface area (Å²) in [5.41, 5.74) is 2.85. The molecule has 0 aliphatic heterocycles. The highest BCUT2D eigenvalue weighted by Gasteiger charge is 2.20. The van der Waals surface area contributed by atoms with Crippen LogP contribution in [0.1, 0.15) is 23.6 Å². The molecule has 2 aromatic carbocycles. The lowest BCUT2D eigenvalue weighted by molar-refractivity contribution is 0.380. The average Bonchev–Trinajstić information content (AvgIpc) is 3.34. The van der Waals surface area contributed by atoms with Crippen LogP contribution in [0.25, 0.3) is 17.1 Å². The van der Waals surface area contributed by atoms with E-state index in [0.29, 0.717) is 16.7 Å². The van der Waals surface area contributed by atoms with Crippen molar-refractivity contribution in [2.75, 3.05) is 0 Å². The number of rotatable bonds is 5. The van der Waals surface area contributed by atoms with E-state index in [-0.39, 0.29) is 5.25 Å². The first-order valence-corrected chi connectivity index (χ1v) is 9.60. The summed E-state index contributed by atoms with van der Waals surface area (Å²) in [7, 11) is 0. The van der Waals surface area contributed by atoms with E-state index in [2.05, 4.69) is 20.3 Å². The molecule has 1 unspecified atom stereocenters. The average molecular weight is 398 g/mol. The Hall–Kier alpha value is -2.64. The molecule has 4 aromatic rings. The molecule has 8 heteroatoms. The summed E-state index contributed by atoms with van der Waals surface area (Å²) in [6.45, 7) is 3.96. The number of aromatic nitrogens is 5. The summed E-state index contributed by atoms with van der Waals surface area (Å²) < 4.78 is 7.34. The third-order valence-electron chi connectivity index (χ3n) is 4.05. The molecule has 0 aliphatic rings. The molecular formula is C19H16ClN5OS. The minimum absolute atomic E-state index is 0.0844. The van der Waals surface area contributed by atoms with Crippen molar-refractivity contribution in [3.05, 3.63) is 71.3 Å². The highest BCUT2D eigenvalue weighted by molar-refractivity contribution is 7.99. The van der Waals surface area contributed by atoms with E-state index in [1.165, 1.54) is 11.8 Å². The standard InChI is InChI=1S/C19H16ClN5OS/c1-12-8-9-15(10-16(12)20)25-11-21-23-19(25)27-13(2)18-22-17(24-26-18)14-6-4-3-5-7-14/h3-11,13H,1-2H3. The van der Waals surface area contributed by atoms with Gasteiger partial charge in [0, 0.05) is 10.6 Å². The smallest absolute Gasteiger partial charge is 0.240 e. The summed E-state index contributed by atoms with van der Waals surface area (Å²) >= 11 is 7.74. The third-order valence-corrected chi connectivity index (χ3v) is 5.51. The lowest BCUT2D eigenvalue weighted by atomic mass is 10.2. The van der Waals surface area contributed by atoms with Gasteiger partial charge in [0.25, 0.3) is 0 Å². The molecule has 0 spiro atoms. The third kappa shape index (κ3) is 3.74. The number of nitrogens with zero attached hydrogens (tertiary/aromatic N) is 5. The van der Waals surface area contributed by atoms with Crippen molar-refractivity contribution in [2.24, 2.45) is 0 Å². The molecular weight excluding hydrogens is 382 g/mol. The van der Waals surface area contributed by atoms with Crippen LogP contribution in [-0.4, -0.2) is 24.9 Å². The van der Waals surface area contributed by atoms with Crippen LogP contribution in [0.15, 0.2) is 64.5 Å². The van der Waals surface area contributed by atoms with Crippen LogP contribution >= 0.6 is 23.4 Å². The minimum Gasteiger partial charge on any atom is -0.338 e. The van der Waals surface area contributed by atoms with Gasteiger partial charge < -0.3 is 4.52 Å². The normalized spacial score (nSPS) is 12.3. The number of halogens is 1. The molecule has 0 radical (unpaired) electrons. The number of benzene rings is 2. The maximum Gasteiger partial charge on any atom is 0.240 e. The Kier molecular flexibility index (Phi) is 4.96. The Labute approximate surface area is 165 Å². The van der Waals surface area contributed by atoms with Crippen LogP contribution in [0.4, 0.5) is 0 Å². The monoisotopic (exact) mass is 397 g/mol. The van der Waals surface area contributed by atoms with Crippen LogP contribution in [0.2, 0.25) is 5.02 Å². The van der Waals surface area contributed by atoms with Gasteiger partial charge in [-0.05, 0) is 31.5 Å². The van der Waals surface area contributed by atoms with E-state index in [0.717, 1.165) is 22.0 Å². The van der Waals surface area contributed by atoms with Crippen molar-refractivity contribution in [1.29, 1.82) is 0 Å². The summed E-state index contributed by atoms with van der Waals surface area (Å²) in [4.78, 5) is 4.51. The van der Waals surface area contributed by atoms with Crippen LogP contribution in [0.5, 0.6) is 0 Å². The van der Waals surface area contributed by atoms with Crippen LogP contribution in [0.3, 0.4) is 0 Å². The van der Waals surface area contributed by atoms with E-state index < -0.39 is 0 Å². The summed E-state index contributed by atoms with van der Waals surface area (Å²) in [5, 5.41) is 13.7. The molecule has 0 amide bonds. The maximum atomic E-state index is 6.25. The fourth-order valence-corrected chi connectivity index (χ4v) is 3.57. The molecule has 0 fully saturated rings. The van der Waals surface area contributed by atoms with Crippen molar-refractivity contribution in [1.82, 2.24) is 24.9 Å². The molecule has 0 saturated carbocycles. The molecule has 136 valence electrons. The number of hydrogen-bond acceptors (Lipinski definition) is 6. The Morgan fingerprint density at radius 1 is 1.15 bits per heavy atom. The number of hydrogen-bond donors (Lipinski definition) is 0. The van der Waals surface area contributed by atoms with E-state index in [4.69, 9.17) is 16.1 Å². The van der Waals surface area contributed by atoms with Crippen LogP contribution in [0, 0.1) is 6.92 Å². The zero-order chi connectivity index (χ0) is 18.8. The highest BCUT2D eigenvalue weighted by Crippen LogP contribution is 2.34. The molecule has 0 N–H and O–H groups in total. The molecule has 4 rings (SSSR count). The van der Waals surface area contributed by atoms with Gasteiger partial charge in [0.1, 0.15) is 6.33 Å². The SMILES string of the molecule is Cc1ccc(-n2cnnc2SC(C)c2nc(-c3ccccc3)no2)cc1Cl. The molecule has 0 aliphatic carbocycles. The summed E-state index contributed by atoms with van der Waals surface area (Å²) in [6.07, 6.45) is 1.67. The second-order valence-electron chi connectivity index (χ2n) is 6.00. The zero-order valence-electron chi connectivity index (χ0n) is 14.7. The lowest BCUT2D eigenvalue weighted by Crippen LogP contribution is -1.98. The predicted octanol–water partition coefficient (Wildman–Crippen LogP) is 5.13. The number of thioether (sulfide) groups is 1. The summed E-state index contributed by atoms with van der Waals surface area (Å²) in [5.74, 6) is 1.11. The van der Waals surface area contributed by atoms with Crippen molar-refractivity contribution in [3.63, 3.8) is 0 Å². The Bertz CT molecular complexity index is 1060. The molecule has 0 bridgehead atoms. The predicted molar refractivity (Wildman–Crippen MR) is 105 cm³/mol. The Balaban J connectivity index is 1.56. The van der Waals surface area contributed by atoms with Crippen molar-refractivity contribution in [2.45, 2.75) is 24.3 Å². The van der Waals surface area contributed by atoms with Gasteiger partial charge in [-0.3, -0.25) is 4.57 Å². The second kappa shape index (κ2) is 7.54. The van der Waals surface area contributed by atoms with E-state index in [1.807, 2.05) is 66.9 Å². The zero-order valence-corrected chi connectivity index (χ0v) is 16.3. The van der Waals surface area contributed by atoms with Crippen LogP contribution < -0.4 is 0 Å². The fourth-order valence-electron chi connectivity index (χ4n) is 2.53. The van der Waals surface area contributed by atoms with Gasteiger partial charge in [-0.25, -0.2) is 0 Å². The van der Waals surface area contributed by atoms with E-state index in [9.17, 15) is 0 Å². The first-order chi connectivity index (χ1) is 13.1. The van der Waals surface area contributed by atoms with E-state index in [1.54, 1.807) is 6.33 Å². The van der Waals surface area contributed by atoms with Crippen molar-refractivity contribution >= 4 is 23.4 Å². The highest BCUT2D eigenvalue weighted by atomic mass is 35.5. The Morgan fingerprint density at radius 3 is 2.74 bits per heavy atom. The molecule has 0 saturated heterocycles. The van der Waals surface area contributed by atoms with Crippen LogP contribution in [-0.2, 0) is 0 Å². The molecule has 2 aromatic heterocycles. The first kappa shape index (κ1) is 17.8. The van der Waals surface area contributed by atoms with Gasteiger partial charge in [-0.1, -0.05) is 64.9 Å². The molecule has 27 heavy (non-hydrogen) atoms. The quantitative estimate of drug-likeness (QED) is 0.434. The Morgan fingerprint density at radius 2 is 1.96 bits per heavy atom. The van der Waals surface area contributed by atoms with Crippen molar-refractivity contribution in [3.8, 4) is 17.1 Å². The summed E-state index contributed by atoms with van der Waals surface area (Å²) in [6, 6.07) is 15.6. The second-order valence-corrected chi connectivity index (χ2v) is 7.71. The molecule has 2 heterocycles. The minimum atomic E-state index is -0.0844. The largest absolute Gasteiger partial charge is 0.338 e. The number of aryl methyl sites for hydroxylation is 1. The van der Waals surface area contributed by atoms with Gasteiger partial charge in [0.15, 0.2) is 5.16 Å². The maximum absolute atomic E-state index is 6.25. The van der Waals surface area contributed by atoms with Gasteiger partial charge in [0.2, 0.25) is 11.7 Å². The topological polar surface area (TPSA) is 69.6 Å². The molecule has 6 nitrogen and oxygen atoms in total. The van der Waals surface area contributed by atoms with E-state index >= 15 is 0 Å². The first-order valence-electron chi connectivity index (χ1n) is 8.34. The molecule has 1 atom stereocenters. The van der Waals surface area contributed by atoms with Gasteiger partial charge in [-0.15, -0.1) is 10.2 Å².